The van der Waals surface area contributed by atoms with Crippen LogP contribution in [0.5, 0.6) is 0 Å². The summed E-state index contributed by atoms with van der Waals surface area (Å²) >= 11 is 3.33. The van der Waals surface area contributed by atoms with E-state index in [0.717, 1.165) is 12.2 Å². The molecule has 94 valence electrons. The Bertz CT molecular complexity index is 526. The number of amides is 1. The number of benzene rings is 1. The fraction of sp³-hybridized carbons (Fsp3) is 0.385. The van der Waals surface area contributed by atoms with E-state index in [4.69, 9.17) is 0 Å². The van der Waals surface area contributed by atoms with Crippen LogP contribution in [0.25, 0.3) is 0 Å². The highest BCUT2D eigenvalue weighted by atomic mass is 79.9. The van der Waals surface area contributed by atoms with Crippen LogP contribution in [0.2, 0.25) is 0 Å². The Morgan fingerprint density at radius 2 is 2.11 bits per heavy atom. The average Bonchev–Trinajstić information content (AvgIpc) is 3.13. The lowest BCUT2D eigenvalue weighted by Crippen LogP contribution is -2.36. The predicted molar refractivity (Wildman–Crippen MR) is 71.9 cm³/mol. The quantitative estimate of drug-likeness (QED) is 0.862. The molecule has 1 aromatic rings. The Hall–Kier alpha value is -1.20. The molecule has 1 N–H and O–H groups in total. The molecular weight excluding hydrogens is 296 g/mol. The number of hydrogen-bond donors (Lipinski definition) is 1. The van der Waals surface area contributed by atoms with E-state index < -0.39 is 11.7 Å². The molecule has 4 nitrogen and oxygen atoms in total. The molecule has 1 aromatic carbocycles. The maximum Gasteiger partial charge on any atom is 0.299 e. The number of hydrogen-bond acceptors (Lipinski definition) is 3. The van der Waals surface area contributed by atoms with Gasteiger partial charge in [0, 0.05) is 23.6 Å². The molecule has 0 unspecified atom stereocenters. The Balaban J connectivity index is 1.80. The van der Waals surface area contributed by atoms with Gasteiger partial charge >= 0.3 is 0 Å². The Labute approximate surface area is 113 Å². The first-order valence-corrected chi connectivity index (χ1v) is 6.86. The van der Waals surface area contributed by atoms with Crippen LogP contribution in [-0.2, 0) is 4.79 Å². The normalized spacial score (nSPS) is 18.4. The zero-order chi connectivity index (χ0) is 12.7. The monoisotopic (exact) mass is 308 g/mol. The van der Waals surface area contributed by atoms with Crippen LogP contribution in [0.4, 0.5) is 5.69 Å². The predicted octanol–water partition coefficient (Wildman–Crippen LogP) is 1.73. The Kier molecular flexibility index (Phi) is 2.95. The largest absolute Gasteiger partial charge is 0.312 e. The van der Waals surface area contributed by atoms with Crippen LogP contribution >= 0.6 is 15.9 Å². The van der Waals surface area contributed by atoms with E-state index >= 15 is 0 Å². The lowest BCUT2D eigenvalue weighted by molar-refractivity contribution is -0.114. The van der Waals surface area contributed by atoms with E-state index in [9.17, 15) is 9.59 Å². The number of ketones is 1. The van der Waals surface area contributed by atoms with Gasteiger partial charge in [-0.2, -0.15) is 0 Å². The van der Waals surface area contributed by atoms with Gasteiger partial charge in [-0.3, -0.25) is 9.59 Å². The second-order valence-electron chi connectivity index (χ2n) is 4.65. The molecule has 1 saturated carbocycles. The zero-order valence-corrected chi connectivity index (χ0v) is 11.4. The molecule has 1 aliphatic carbocycles. The number of halogens is 1. The number of nitrogens with zero attached hydrogens (tertiary/aromatic N) is 1. The molecule has 1 heterocycles. The maximum absolute atomic E-state index is 11.9. The molecule has 0 spiro atoms. The molecule has 0 saturated heterocycles. The number of carbonyl (C=O) groups excluding carboxylic acids is 2. The van der Waals surface area contributed by atoms with Crippen molar-refractivity contribution < 1.29 is 9.59 Å². The summed E-state index contributed by atoms with van der Waals surface area (Å²) in [5, 5.41) is 3.35. The molecule has 0 aromatic heterocycles. The van der Waals surface area contributed by atoms with Crippen LogP contribution in [0, 0.1) is 0 Å². The van der Waals surface area contributed by atoms with Crippen molar-refractivity contribution in [1.29, 1.82) is 0 Å². The van der Waals surface area contributed by atoms with Crippen LogP contribution in [0.3, 0.4) is 0 Å². The van der Waals surface area contributed by atoms with Gasteiger partial charge in [0.1, 0.15) is 0 Å². The number of fused-ring (bicyclic) bond motifs is 1. The minimum absolute atomic E-state index is 0.413. The number of anilines is 1. The standard InChI is InChI=1S/C13H13BrN2O2/c14-9-2-1-3-10-11(9)12(17)13(18)16(10)7-6-15-8-4-5-8/h1-3,8,15H,4-7H2. The summed E-state index contributed by atoms with van der Waals surface area (Å²) in [7, 11) is 0. The summed E-state index contributed by atoms with van der Waals surface area (Å²) in [5.41, 5.74) is 1.21. The van der Waals surface area contributed by atoms with Gasteiger partial charge in [0.25, 0.3) is 11.7 Å². The van der Waals surface area contributed by atoms with Gasteiger partial charge in [0.15, 0.2) is 0 Å². The maximum atomic E-state index is 11.9. The van der Waals surface area contributed by atoms with Crippen molar-refractivity contribution in [2.75, 3.05) is 18.0 Å². The third-order valence-corrected chi connectivity index (χ3v) is 3.96. The smallest absolute Gasteiger partial charge is 0.299 e. The number of rotatable bonds is 4. The van der Waals surface area contributed by atoms with Crippen LogP contribution in [0.15, 0.2) is 22.7 Å². The summed E-state index contributed by atoms with van der Waals surface area (Å²) in [6.07, 6.45) is 2.43. The van der Waals surface area contributed by atoms with Crippen molar-refractivity contribution in [2.24, 2.45) is 0 Å². The highest BCUT2D eigenvalue weighted by Gasteiger charge is 2.37. The van der Waals surface area contributed by atoms with Gasteiger partial charge in [-0.05, 0) is 40.9 Å². The van der Waals surface area contributed by atoms with Gasteiger partial charge in [-0.15, -0.1) is 0 Å². The summed E-state index contributed by atoms with van der Waals surface area (Å²) < 4.78 is 0.691. The number of nitrogens with one attached hydrogen (secondary N) is 1. The second kappa shape index (κ2) is 4.48. The first-order valence-electron chi connectivity index (χ1n) is 6.06. The van der Waals surface area contributed by atoms with Gasteiger partial charge < -0.3 is 10.2 Å². The van der Waals surface area contributed by atoms with E-state index in [2.05, 4.69) is 21.2 Å². The third kappa shape index (κ3) is 1.97. The fourth-order valence-corrected chi connectivity index (χ4v) is 2.73. The van der Waals surface area contributed by atoms with Crippen molar-refractivity contribution in [2.45, 2.75) is 18.9 Å². The SMILES string of the molecule is O=C1C(=O)N(CCNC2CC2)c2cccc(Br)c21. The molecular formula is C13H13BrN2O2. The molecule has 1 aliphatic heterocycles. The van der Waals surface area contributed by atoms with Crippen LogP contribution < -0.4 is 10.2 Å². The summed E-state index contributed by atoms with van der Waals surface area (Å²) in [6.45, 7) is 1.28. The van der Waals surface area contributed by atoms with E-state index in [1.165, 1.54) is 12.8 Å². The van der Waals surface area contributed by atoms with Crippen LogP contribution in [0.1, 0.15) is 23.2 Å². The molecule has 18 heavy (non-hydrogen) atoms. The molecule has 1 amide bonds. The van der Waals surface area contributed by atoms with Crippen LogP contribution in [-0.4, -0.2) is 30.8 Å². The van der Waals surface area contributed by atoms with Gasteiger partial charge in [-0.1, -0.05) is 6.07 Å². The highest BCUT2D eigenvalue weighted by molar-refractivity contribution is 9.10. The first-order chi connectivity index (χ1) is 8.68. The van der Waals surface area contributed by atoms with E-state index in [-0.39, 0.29) is 0 Å². The fourth-order valence-electron chi connectivity index (χ4n) is 2.19. The van der Waals surface area contributed by atoms with Crippen molar-refractivity contribution in [3.63, 3.8) is 0 Å². The van der Waals surface area contributed by atoms with E-state index in [1.54, 1.807) is 11.0 Å². The Morgan fingerprint density at radius 3 is 2.83 bits per heavy atom. The highest BCUT2D eigenvalue weighted by Crippen LogP contribution is 2.33. The minimum Gasteiger partial charge on any atom is -0.312 e. The third-order valence-electron chi connectivity index (χ3n) is 3.29. The number of carbonyl (C=O) groups is 2. The molecule has 5 heteroatoms. The van der Waals surface area contributed by atoms with Gasteiger partial charge in [0.05, 0.1) is 11.3 Å². The number of Topliss-reactive ketones (excluding diaryl/α,β-unsaturated/α-hetero) is 1. The van der Waals surface area contributed by atoms with E-state index in [0.29, 0.717) is 22.6 Å². The minimum atomic E-state index is -0.422. The van der Waals surface area contributed by atoms with Crippen molar-refractivity contribution in [3.05, 3.63) is 28.2 Å². The molecule has 3 rings (SSSR count). The lowest BCUT2D eigenvalue weighted by Gasteiger charge is -2.16. The Morgan fingerprint density at radius 1 is 1.33 bits per heavy atom. The van der Waals surface area contributed by atoms with Gasteiger partial charge in [-0.25, -0.2) is 0 Å². The summed E-state index contributed by atoms with van der Waals surface area (Å²) in [5.74, 6) is -0.835. The summed E-state index contributed by atoms with van der Waals surface area (Å²) in [6, 6.07) is 6.06. The van der Waals surface area contributed by atoms with Crippen molar-refractivity contribution in [1.82, 2.24) is 5.32 Å². The molecule has 0 atom stereocenters. The average molecular weight is 309 g/mol. The molecule has 2 aliphatic rings. The molecule has 1 fully saturated rings. The summed E-state index contributed by atoms with van der Waals surface area (Å²) in [4.78, 5) is 25.4. The van der Waals surface area contributed by atoms with Crippen molar-refractivity contribution in [3.8, 4) is 0 Å². The van der Waals surface area contributed by atoms with Gasteiger partial charge in [0.2, 0.25) is 0 Å². The molecule has 0 radical (unpaired) electrons. The zero-order valence-electron chi connectivity index (χ0n) is 9.78. The molecule has 0 bridgehead atoms. The lowest BCUT2D eigenvalue weighted by atomic mass is 10.1. The van der Waals surface area contributed by atoms with Crippen molar-refractivity contribution >= 4 is 33.3 Å². The second-order valence-corrected chi connectivity index (χ2v) is 5.50. The first kappa shape index (κ1) is 11.9. The topological polar surface area (TPSA) is 49.4 Å². The van der Waals surface area contributed by atoms with E-state index in [1.807, 2.05) is 12.1 Å².